The first-order valence-corrected chi connectivity index (χ1v) is 9.34. The molecule has 0 saturated heterocycles. The van der Waals surface area contributed by atoms with Crippen molar-refractivity contribution in [1.29, 1.82) is 0 Å². The van der Waals surface area contributed by atoms with Crippen LogP contribution in [0.4, 0.5) is 11.4 Å². The molecule has 3 aromatic rings. The van der Waals surface area contributed by atoms with Gasteiger partial charge >= 0.3 is 0 Å². The van der Waals surface area contributed by atoms with Crippen LogP contribution in [0.15, 0.2) is 53.1 Å². The Hall–Kier alpha value is -3.61. The van der Waals surface area contributed by atoms with E-state index in [1.165, 1.54) is 0 Å². The van der Waals surface area contributed by atoms with Crippen molar-refractivity contribution in [2.45, 2.75) is 33.4 Å². The summed E-state index contributed by atoms with van der Waals surface area (Å²) in [6.45, 7) is 5.70. The Morgan fingerprint density at radius 3 is 2.62 bits per heavy atom. The molecule has 0 bridgehead atoms. The van der Waals surface area contributed by atoms with Gasteiger partial charge < -0.3 is 19.5 Å². The largest absolute Gasteiger partial charge is 0.479 e. The van der Waals surface area contributed by atoms with Crippen LogP contribution in [0.1, 0.15) is 34.3 Å². The fourth-order valence-corrected chi connectivity index (χ4v) is 3.33. The van der Waals surface area contributed by atoms with E-state index in [1.54, 1.807) is 54.3 Å². The SMILES string of the molecule is Cc1noc(C)c1CN1C(=O)C(C)Oc2ccc(NC(=O)c3ccccc3)cc21. The van der Waals surface area contributed by atoms with Gasteiger partial charge in [0.05, 0.1) is 17.9 Å². The third-order valence-electron chi connectivity index (χ3n) is 4.96. The van der Waals surface area contributed by atoms with Gasteiger partial charge in [0.1, 0.15) is 11.5 Å². The molecule has 2 aromatic carbocycles. The Labute approximate surface area is 168 Å². The van der Waals surface area contributed by atoms with Gasteiger partial charge in [-0.05, 0) is 51.1 Å². The zero-order chi connectivity index (χ0) is 20.5. The van der Waals surface area contributed by atoms with E-state index in [4.69, 9.17) is 9.26 Å². The Morgan fingerprint density at radius 2 is 1.93 bits per heavy atom. The van der Waals surface area contributed by atoms with Crippen molar-refractivity contribution in [2.75, 3.05) is 10.2 Å². The lowest BCUT2D eigenvalue weighted by Crippen LogP contribution is -2.44. The molecule has 148 valence electrons. The van der Waals surface area contributed by atoms with Crippen molar-refractivity contribution >= 4 is 23.2 Å². The molecule has 1 aromatic heterocycles. The maximum atomic E-state index is 12.9. The first kappa shape index (κ1) is 18.7. The van der Waals surface area contributed by atoms with E-state index < -0.39 is 6.10 Å². The third-order valence-corrected chi connectivity index (χ3v) is 4.96. The average molecular weight is 391 g/mol. The van der Waals surface area contributed by atoms with Gasteiger partial charge in [-0.1, -0.05) is 23.4 Å². The van der Waals surface area contributed by atoms with E-state index in [-0.39, 0.29) is 11.8 Å². The van der Waals surface area contributed by atoms with Crippen LogP contribution in [0.3, 0.4) is 0 Å². The highest BCUT2D eigenvalue weighted by molar-refractivity contribution is 6.05. The highest BCUT2D eigenvalue weighted by Crippen LogP contribution is 2.37. The molecule has 0 saturated carbocycles. The van der Waals surface area contributed by atoms with E-state index in [0.717, 1.165) is 11.3 Å². The quantitative estimate of drug-likeness (QED) is 0.730. The van der Waals surface area contributed by atoms with Gasteiger partial charge in [-0.15, -0.1) is 0 Å². The molecule has 7 heteroatoms. The van der Waals surface area contributed by atoms with Crippen LogP contribution in [-0.4, -0.2) is 23.1 Å². The van der Waals surface area contributed by atoms with Crippen LogP contribution >= 0.6 is 0 Å². The highest BCUT2D eigenvalue weighted by atomic mass is 16.5. The molecular formula is C22H21N3O4. The van der Waals surface area contributed by atoms with Gasteiger partial charge in [0, 0.05) is 16.8 Å². The van der Waals surface area contributed by atoms with E-state index in [0.29, 0.717) is 35.0 Å². The number of ether oxygens (including phenoxy) is 1. The van der Waals surface area contributed by atoms with Crippen molar-refractivity contribution in [2.24, 2.45) is 0 Å². The van der Waals surface area contributed by atoms with Crippen molar-refractivity contribution in [3.8, 4) is 5.75 Å². The molecule has 2 amide bonds. The summed E-state index contributed by atoms with van der Waals surface area (Å²) < 4.78 is 11.0. The number of aryl methyl sites for hydroxylation is 2. The first-order valence-electron chi connectivity index (χ1n) is 9.34. The van der Waals surface area contributed by atoms with Crippen molar-refractivity contribution in [3.63, 3.8) is 0 Å². The fraction of sp³-hybridized carbons (Fsp3) is 0.227. The second kappa shape index (κ2) is 7.43. The number of carbonyl (C=O) groups is 2. The number of fused-ring (bicyclic) bond motifs is 1. The van der Waals surface area contributed by atoms with Gasteiger partial charge in [0.25, 0.3) is 11.8 Å². The minimum Gasteiger partial charge on any atom is -0.479 e. The number of anilines is 2. The average Bonchev–Trinajstić information content (AvgIpc) is 3.04. The number of aromatic nitrogens is 1. The van der Waals surface area contributed by atoms with Crippen molar-refractivity contribution in [1.82, 2.24) is 5.16 Å². The van der Waals surface area contributed by atoms with Crippen LogP contribution in [0, 0.1) is 13.8 Å². The van der Waals surface area contributed by atoms with E-state index in [1.807, 2.05) is 19.9 Å². The maximum Gasteiger partial charge on any atom is 0.268 e. The lowest BCUT2D eigenvalue weighted by molar-refractivity contribution is -0.125. The summed E-state index contributed by atoms with van der Waals surface area (Å²) in [5.41, 5.74) is 3.33. The van der Waals surface area contributed by atoms with Gasteiger partial charge in [-0.25, -0.2) is 0 Å². The molecular weight excluding hydrogens is 370 g/mol. The number of hydrogen-bond donors (Lipinski definition) is 1. The van der Waals surface area contributed by atoms with Crippen LogP contribution in [-0.2, 0) is 11.3 Å². The lowest BCUT2D eigenvalue weighted by atomic mass is 10.1. The summed E-state index contributed by atoms with van der Waals surface area (Å²) in [5.74, 6) is 0.870. The number of carbonyl (C=O) groups excluding carboxylic acids is 2. The number of nitrogens with zero attached hydrogens (tertiary/aromatic N) is 2. The third kappa shape index (κ3) is 3.59. The lowest BCUT2D eigenvalue weighted by Gasteiger charge is -2.33. The van der Waals surface area contributed by atoms with Crippen LogP contribution in [0.25, 0.3) is 0 Å². The summed E-state index contributed by atoms with van der Waals surface area (Å²) >= 11 is 0. The Morgan fingerprint density at radius 1 is 1.17 bits per heavy atom. The van der Waals surface area contributed by atoms with Crippen LogP contribution < -0.4 is 15.0 Å². The zero-order valence-electron chi connectivity index (χ0n) is 16.4. The number of nitrogens with one attached hydrogen (secondary N) is 1. The molecule has 0 fully saturated rings. The normalized spacial score (nSPS) is 15.6. The Kier molecular flexibility index (Phi) is 4.80. The Bertz CT molecular complexity index is 1060. The molecule has 1 unspecified atom stereocenters. The van der Waals surface area contributed by atoms with Crippen LogP contribution in [0.5, 0.6) is 5.75 Å². The number of hydrogen-bond acceptors (Lipinski definition) is 5. The maximum absolute atomic E-state index is 12.9. The predicted octanol–water partition coefficient (Wildman–Crippen LogP) is 3.86. The number of amides is 2. The number of benzene rings is 2. The van der Waals surface area contributed by atoms with E-state index in [9.17, 15) is 9.59 Å². The van der Waals surface area contributed by atoms with Gasteiger partial charge in [0.15, 0.2) is 6.10 Å². The predicted molar refractivity (Wildman–Crippen MR) is 108 cm³/mol. The minimum absolute atomic E-state index is 0.163. The topological polar surface area (TPSA) is 84.7 Å². The minimum atomic E-state index is -0.604. The Balaban J connectivity index is 1.66. The molecule has 4 rings (SSSR count). The van der Waals surface area contributed by atoms with Crippen LogP contribution in [0.2, 0.25) is 0 Å². The summed E-state index contributed by atoms with van der Waals surface area (Å²) in [6, 6.07) is 14.2. The van der Waals surface area contributed by atoms with Crippen molar-refractivity contribution < 1.29 is 18.8 Å². The first-order chi connectivity index (χ1) is 13.9. The molecule has 0 radical (unpaired) electrons. The zero-order valence-corrected chi connectivity index (χ0v) is 16.4. The van der Waals surface area contributed by atoms with E-state index >= 15 is 0 Å². The molecule has 7 nitrogen and oxygen atoms in total. The highest BCUT2D eigenvalue weighted by Gasteiger charge is 2.33. The summed E-state index contributed by atoms with van der Waals surface area (Å²) in [5, 5.41) is 6.84. The summed E-state index contributed by atoms with van der Waals surface area (Å²) in [7, 11) is 0. The molecule has 1 aliphatic rings. The van der Waals surface area contributed by atoms with Crippen molar-refractivity contribution in [3.05, 3.63) is 71.1 Å². The molecule has 0 spiro atoms. The fourth-order valence-electron chi connectivity index (χ4n) is 3.33. The molecule has 2 heterocycles. The molecule has 0 aliphatic carbocycles. The molecule has 1 N–H and O–H groups in total. The second-order valence-electron chi connectivity index (χ2n) is 6.99. The van der Waals surface area contributed by atoms with Gasteiger partial charge in [-0.3, -0.25) is 9.59 Å². The van der Waals surface area contributed by atoms with Gasteiger partial charge in [0.2, 0.25) is 0 Å². The monoisotopic (exact) mass is 391 g/mol. The molecule has 1 aliphatic heterocycles. The molecule has 29 heavy (non-hydrogen) atoms. The molecule has 1 atom stereocenters. The summed E-state index contributed by atoms with van der Waals surface area (Å²) in [4.78, 5) is 27.0. The van der Waals surface area contributed by atoms with Gasteiger partial charge in [-0.2, -0.15) is 0 Å². The second-order valence-corrected chi connectivity index (χ2v) is 6.99. The number of rotatable bonds is 4. The smallest absolute Gasteiger partial charge is 0.268 e. The summed E-state index contributed by atoms with van der Waals surface area (Å²) in [6.07, 6.45) is -0.604. The van der Waals surface area contributed by atoms with E-state index in [2.05, 4.69) is 10.5 Å². The standard InChI is InChI=1S/C22H21N3O4/c1-13-18(14(2)29-24-13)12-25-19-11-17(9-10-20(19)28-15(3)22(25)27)23-21(26)16-7-5-4-6-8-16/h4-11,15H,12H2,1-3H3,(H,23,26).